The minimum atomic E-state index is -4.65. The number of rotatable bonds is 5. The Kier molecular flexibility index (Phi) is 5.54. The molecule has 0 aliphatic rings. The molecule has 0 bridgehead atoms. The number of aliphatic hydroxyl groups is 1. The van der Waals surface area contributed by atoms with E-state index in [-0.39, 0.29) is 21.8 Å². The molecule has 3 aromatic rings. The van der Waals surface area contributed by atoms with E-state index in [2.05, 4.69) is 5.10 Å². The number of para-hydroxylation sites is 1. The van der Waals surface area contributed by atoms with Gasteiger partial charge < -0.3 is 9.84 Å². The van der Waals surface area contributed by atoms with Crippen LogP contribution in [0.1, 0.15) is 11.3 Å². The summed E-state index contributed by atoms with van der Waals surface area (Å²) in [6.45, 7) is -0.483. The van der Waals surface area contributed by atoms with Crippen LogP contribution in [-0.2, 0) is 23.8 Å². The van der Waals surface area contributed by atoms with Crippen LogP contribution in [0.2, 0.25) is 0 Å². The number of halogens is 3. The Morgan fingerprint density at radius 2 is 1.93 bits per heavy atom. The number of hydrogen-bond donors (Lipinski definition) is 2. The molecule has 0 radical (unpaired) electrons. The Morgan fingerprint density at radius 3 is 2.54 bits per heavy atom. The summed E-state index contributed by atoms with van der Waals surface area (Å²) >= 11 is 0. The molecule has 3 N–H and O–H groups in total. The summed E-state index contributed by atoms with van der Waals surface area (Å²) in [7, 11) is -0.434. The van der Waals surface area contributed by atoms with E-state index in [1.165, 1.54) is 25.3 Å². The first kappa shape index (κ1) is 20.1. The minimum Gasteiger partial charge on any atom is -0.496 e. The van der Waals surface area contributed by atoms with Gasteiger partial charge in [0.1, 0.15) is 16.7 Å². The first-order chi connectivity index (χ1) is 13.3. The zero-order valence-electron chi connectivity index (χ0n) is 14.6. The molecule has 1 unspecified atom stereocenters. The van der Waals surface area contributed by atoms with Gasteiger partial charge >= 0.3 is 6.18 Å². The van der Waals surface area contributed by atoms with Crippen molar-refractivity contribution in [1.29, 1.82) is 0 Å². The molecule has 10 heteroatoms. The van der Waals surface area contributed by atoms with E-state index in [4.69, 9.17) is 9.88 Å². The molecule has 0 aliphatic carbocycles. The van der Waals surface area contributed by atoms with Crippen molar-refractivity contribution < 1.29 is 27.2 Å². The van der Waals surface area contributed by atoms with Gasteiger partial charge in [0.15, 0.2) is 5.69 Å². The Labute approximate surface area is 161 Å². The van der Waals surface area contributed by atoms with E-state index in [0.717, 1.165) is 10.7 Å². The maximum absolute atomic E-state index is 13.3. The summed E-state index contributed by atoms with van der Waals surface area (Å²) in [5.41, 5.74) is -0.0474. The molecule has 1 aromatic heterocycles. The van der Waals surface area contributed by atoms with Gasteiger partial charge in [0.25, 0.3) is 0 Å². The van der Waals surface area contributed by atoms with Crippen molar-refractivity contribution in [1.82, 2.24) is 9.78 Å². The third-order valence-electron chi connectivity index (χ3n) is 4.06. The Bertz CT molecular complexity index is 1030. The normalized spacial score (nSPS) is 12.8. The predicted molar refractivity (Wildman–Crippen MR) is 97.1 cm³/mol. The van der Waals surface area contributed by atoms with E-state index in [1.54, 1.807) is 24.3 Å². The zero-order chi connectivity index (χ0) is 20.5. The minimum absolute atomic E-state index is 0.148. The second kappa shape index (κ2) is 7.74. The van der Waals surface area contributed by atoms with Gasteiger partial charge in [-0.05, 0) is 42.0 Å². The van der Waals surface area contributed by atoms with Gasteiger partial charge in [0, 0.05) is 5.56 Å². The maximum atomic E-state index is 13.3. The van der Waals surface area contributed by atoms with Crippen molar-refractivity contribution in [3.63, 3.8) is 0 Å². The molecule has 0 amide bonds. The lowest BCUT2D eigenvalue weighted by atomic mass is 10.1. The van der Waals surface area contributed by atoms with Crippen molar-refractivity contribution in [2.75, 3.05) is 7.11 Å². The van der Waals surface area contributed by atoms with Crippen LogP contribution < -0.4 is 9.88 Å². The molecular formula is C18H16F3N3O3S. The number of aromatic nitrogens is 2. The van der Waals surface area contributed by atoms with Gasteiger partial charge in [-0.2, -0.15) is 18.3 Å². The fourth-order valence-electron chi connectivity index (χ4n) is 2.78. The number of alkyl halides is 3. The number of methoxy groups -OCH3 is 1. The standard InChI is InChI=1S/C18H16F3N3O3S/c1-27-15-5-3-2-4-13(15)14-9-17(18(19,20)21)23-24(14)12-6-7-16(28(22)26)11(8-12)10-25/h2-9,25H,10,22H2,1H3. The smallest absolute Gasteiger partial charge is 0.435 e. The van der Waals surface area contributed by atoms with Crippen LogP contribution in [0, 0.1) is 0 Å². The van der Waals surface area contributed by atoms with Crippen LogP contribution >= 0.6 is 0 Å². The molecule has 6 nitrogen and oxygen atoms in total. The molecule has 2 aromatic carbocycles. The highest BCUT2D eigenvalue weighted by molar-refractivity contribution is 7.82. The Hall–Kier alpha value is -2.69. The van der Waals surface area contributed by atoms with Gasteiger partial charge in [0.2, 0.25) is 0 Å². The molecule has 0 fully saturated rings. The molecule has 3 rings (SSSR count). The quantitative estimate of drug-likeness (QED) is 0.675. The van der Waals surface area contributed by atoms with Crippen LogP contribution in [0.3, 0.4) is 0 Å². The van der Waals surface area contributed by atoms with Crippen molar-refractivity contribution in [2.24, 2.45) is 5.14 Å². The van der Waals surface area contributed by atoms with Crippen LogP contribution in [-0.4, -0.2) is 26.2 Å². The number of nitrogens with two attached hydrogens (primary N) is 1. The summed E-state index contributed by atoms with van der Waals surface area (Å²) in [5, 5.41) is 18.6. The highest BCUT2D eigenvalue weighted by Gasteiger charge is 2.35. The van der Waals surface area contributed by atoms with E-state index < -0.39 is 29.5 Å². The Balaban J connectivity index is 2.26. The third kappa shape index (κ3) is 3.79. The van der Waals surface area contributed by atoms with Crippen molar-refractivity contribution >= 4 is 11.0 Å². The summed E-state index contributed by atoms with van der Waals surface area (Å²) in [5.74, 6) is 0.374. The largest absolute Gasteiger partial charge is 0.496 e. The number of hydrogen-bond acceptors (Lipinski definition) is 4. The van der Waals surface area contributed by atoms with E-state index in [9.17, 15) is 22.5 Å². The topological polar surface area (TPSA) is 90.4 Å². The van der Waals surface area contributed by atoms with Crippen LogP contribution in [0.25, 0.3) is 16.9 Å². The highest BCUT2D eigenvalue weighted by Crippen LogP contribution is 2.36. The third-order valence-corrected chi connectivity index (χ3v) is 4.89. The SMILES string of the molecule is COc1ccccc1-c1cc(C(F)(F)F)nn1-c1ccc(S(N)=O)c(CO)c1. The van der Waals surface area contributed by atoms with Gasteiger partial charge in [-0.3, -0.25) is 0 Å². The highest BCUT2D eigenvalue weighted by atomic mass is 32.2. The second-order valence-corrected chi connectivity index (χ2v) is 6.81. The van der Waals surface area contributed by atoms with Crippen molar-refractivity contribution in [3.8, 4) is 22.7 Å². The molecule has 148 valence electrons. The molecule has 28 heavy (non-hydrogen) atoms. The zero-order valence-corrected chi connectivity index (χ0v) is 15.4. The van der Waals surface area contributed by atoms with Crippen LogP contribution in [0.15, 0.2) is 53.4 Å². The predicted octanol–water partition coefficient (Wildman–Crippen LogP) is 3.04. The molecular weight excluding hydrogens is 395 g/mol. The second-order valence-electron chi connectivity index (χ2n) is 5.77. The number of nitrogens with zero attached hydrogens (tertiary/aromatic N) is 2. The molecule has 1 atom stereocenters. The summed E-state index contributed by atoms with van der Waals surface area (Å²) in [4.78, 5) is 0.188. The van der Waals surface area contributed by atoms with Gasteiger partial charge in [-0.25, -0.2) is 14.0 Å². The first-order valence-corrected chi connectivity index (χ1v) is 9.18. The van der Waals surface area contributed by atoms with Crippen molar-refractivity contribution in [2.45, 2.75) is 17.7 Å². The molecule has 1 heterocycles. The van der Waals surface area contributed by atoms with Gasteiger partial charge in [0.05, 0.1) is 30.0 Å². The van der Waals surface area contributed by atoms with Crippen LogP contribution in [0.5, 0.6) is 5.75 Å². The van der Waals surface area contributed by atoms with Gasteiger partial charge in [-0.15, -0.1) is 0 Å². The average Bonchev–Trinajstić information content (AvgIpc) is 3.13. The maximum Gasteiger partial charge on any atom is 0.435 e. The van der Waals surface area contributed by atoms with E-state index in [0.29, 0.717) is 11.3 Å². The van der Waals surface area contributed by atoms with E-state index >= 15 is 0 Å². The molecule has 0 saturated carbocycles. The monoisotopic (exact) mass is 411 g/mol. The fourth-order valence-corrected chi connectivity index (χ4v) is 3.37. The lowest BCUT2D eigenvalue weighted by Crippen LogP contribution is -2.09. The first-order valence-electron chi connectivity index (χ1n) is 7.97. The number of aliphatic hydroxyl groups excluding tert-OH is 1. The average molecular weight is 411 g/mol. The fraction of sp³-hybridized carbons (Fsp3) is 0.167. The Morgan fingerprint density at radius 1 is 1.21 bits per heavy atom. The molecule has 0 saturated heterocycles. The lowest BCUT2D eigenvalue weighted by molar-refractivity contribution is -0.141. The number of benzene rings is 2. The van der Waals surface area contributed by atoms with Crippen LogP contribution in [0.4, 0.5) is 13.2 Å². The summed E-state index contributed by atoms with van der Waals surface area (Å²) < 4.78 is 57.9. The molecule has 0 aliphatic heterocycles. The molecule has 0 spiro atoms. The van der Waals surface area contributed by atoms with Crippen molar-refractivity contribution in [3.05, 3.63) is 59.8 Å². The van der Waals surface area contributed by atoms with Gasteiger partial charge in [-0.1, -0.05) is 12.1 Å². The number of ether oxygens (including phenoxy) is 1. The summed E-state index contributed by atoms with van der Waals surface area (Å²) in [6.07, 6.45) is -4.65. The summed E-state index contributed by atoms with van der Waals surface area (Å²) in [6, 6.07) is 11.7. The lowest BCUT2D eigenvalue weighted by Gasteiger charge is -2.13. The van der Waals surface area contributed by atoms with E-state index in [1.807, 2.05) is 0 Å².